The maximum atomic E-state index is 10.8. The Morgan fingerprint density at radius 3 is 2.75 bits per heavy atom. The fraction of sp³-hybridized carbons (Fsp3) is 0.500. The third-order valence-corrected chi connectivity index (χ3v) is 2.55. The van der Waals surface area contributed by atoms with Gasteiger partial charge in [0.2, 0.25) is 0 Å². The molecule has 0 fully saturated rings. The molecule has 1 aliphatic rings. The number of unbranched alkanes of at least 4 members (excludes halogenated alkanes) is 1. The van der Waals surface area contributed by atoms with Crippen LogP contribution in [-0.4, -0.2) is 15.0 Å². The van der Waals surface area contributed by atoms with Crippen molar-refractivity contribution in [2.75, 3.05) is 6.61 Å². The number of rotatable bonds is 4. The van der Waals surface area contributed by atoms with Gasteiger partial charge in [0, 0.05) is 5.41 Å². The normalized spacial score (nSPS) is 19.2. The lowest BCUT2D eigenvalue weighted by Gasteiger charge is -2.01. The van der Waals surface area contributed by atoms with Crippen molar-refractivity contribution in [1.82, 2.24) is 0 Å². The van der Waals surface area contributed by atoms with Gasteiger partial charge in [0.25, 0.3) is 0 Å². The molecule has 68 valence electrons. The topological polar surface area (TPSA) is 43.4 Å². The third-order valence-electron chi connectivity index (χ3n) is 1.47. The van der Waals surface area contributed by atoms with Crippen molar-refractivity contribution in [1.29, 1.82) is 0 Å². The quantitative estimate of drug-likeness (QED) is 0.629. The average Bonchev–Trinajstić information content (AvgIpc) is 2.31. The molecule has 0 aromatic rings. The van der Waals surface area contributed by atoms with Gasteiger partial charge < -0.3 is 4.74 Å². The van der Waals surface area contributed by atoms with Gasteiger partial charge in [-0.15, -0.1) is 0 Å². The number of allylic oxidation sites excluding steroid dienone is 1. The summed E-state index contributed by atoms with van der Waals surface area (Å²) in [4.78, 5) is 0. The van der Waals surface area contributed by atoms with E-state index in [0.717, 1.165) is 23.7 Å². The zero-order valence-corrected chi connectivity index (χ0v) is 7.80. The van der Waals surface area contributed by atoms with Crippen LogP contribution in [0.15, 0.2) is 22.7 Å². The molecule has 3 nitrogen and oxygen atoms in total. The molecule has 0 bridgehead atoms. The monoisotopic (exact) mass is 188 g/mol. The van der Waals surface area contributed by atoms with Crippen LogP contribution in [0.2, 0.25) is 0 Å². The van der Waals surface area contributed by atoms with Crippen LogP contribution in [0.4, 0.5) is 0 Å². The molecule has 1 aliphatic heterocycles. The first-order valence-electron chi connectivity index (χ1n) is 3.92. The van der Waals surface area contributed by atoms with Crippen LogP contribution in [0.1, 0.15) is 19.8 Å². The lowest BCUT2D eigenvalue weighted by molar-refractivity contribution is 0.220. The van der Waals surface area contributed by atoms with Crippen LogP contribution < -0.4 is 0 Å². The van der Waals surface area contributed by atoms with Crippen LogP contribution in [0.3, 0.4) is 0 Å². The van der Waals surface area contributed by atoms with Crippen LogP contribution in [0.25, 0.3) is 0 Å². The molecule has 0 aromatic carbocycles. The summed E-state index contributed by atoms with van der Waals surface area (Å²) in [7, 11) is -3.10. The van der Waals surface area contributed by atoms with E-state index in [1.807, 2.05) is 0 Å². The third kappa shape index (κ3) is 2.70. The molecule has 0 N–H and O–H groups in total. The van der Waals surface area contributed by atoms with Crippen molar-refractivity contribution in [3.05, 3.63) is 22.7 Å². The average molecular weight is 188 g/mol. The Labute approximate surface area is 72.6 Å². The molecular weight excluding hydrogens is 176 g/mol. The first kappa shape index (κ1) is 9.32. The Bertz CT molecular complexity index is 298. The highest BCUT2D eigenvalue weighted by Gasteiger charge is 2.11. The molecule has 0 radical (unpaired) electrons. The Hall–Kier alpha value is -0.770. The molecule has 0 aromatic heterocycles. The van der Waals surface area contributed by atoms with E-state index in [1.54, 1.807) is 0 Å². The van der Waals surface area contributed by atoms with E-state index >= 15 is 0 Å². The fourth-order valence-electron chi connectivity index (χ4n) is 0.819. The van der Waals surface area contributed by atoms with Crippen molar-refractivity contribution in [3.8, 4) is 0 Å². The summed E-state index contributed by atoms with van der Waals surface area (Å²) in [6.45, 7) is 2.64. The molecule has 0 amide bonds. The lowest BCUT2D eigenvalue weighted by atomic mass is 10.4. The maximum absolute atomic E-state index is 10.8. The summed E-state index contributed by atoms with van der Waals surface area (Å²) in [5.41, 5.74) is 0. The second-order valence-electron chi connectivity index (χ2n) is 2.61. The van der Waals surface area contributed by atoms with Crippen LogP contribution in [-0.2, 0) is 14.6 Å². The van der Waals surface area contributed by atoms with Crippen LogP contribution >= 0.6 is 0 Å². The van der Waals surface area contributed by atoms with E-state index < -0.39 is 9.84 Å². The van der Waals surface area contributed by atoms with Crippen molar-refractivity contribution < 1.29 is 13.2 Å². The SMILES string of the molecule is CCCCOC1=CS(=O)(=O)C=C1. The summed E-state index contributed by atoms with van der Waals surface area (Å²) >= 11 is 0. The number of hydrogen-bond donors (Lipinski definition) is 0. The highest BCUT2D eigenvalue weighted by atomic mass is 32.2. The Morgan fingerprint density at radius 2 is 2.25 bits per heavy atom. The largest absolute Gasteiger partial charge is 0.493 e. The summed E-state index contributed by atoms with van der Waals surface area (Å²) in [5.74, 6) is 0.448. The minimum Gasteiger partial charge on any atom is -0.493 e. The zero-order chi connectivity index (χ0) is 9.03. The van der Waals surface area contributed by atoms with Crippen molar-refractivity contribution in [2.24, 2.45) is 0 Å². The molecule has 0 atom stereocenters. The Balaban J connectivity index is 2.42. The predicted octanol–water partition coefficient (Wildman–Crippen LogP) is 1.59. The van der Waals surface area contributed by atoms with Gasteiger partial charge in [-0.2, -0.15) is 0 Å². The molecular formula is C8H12O3S. The second kappa shape index (κ2) is 3.76. The smallest absolute Gasteiger partial charge is 0.196 e. The molecule has 1 heterocycles. The molecule has 0 aliphatic carbocycles. The summed E-state index contributed by atoms with van der Waals surface area (Å²) < 4.78 is 26.8. The zero-order valence-electron chi connectivity index (χ0n) is 6.99. The Kier molecular flexibility index (Phi) is 2.92. The first-order chi connectivity index (χ1) is 5.64. The molecule has 0 unspecified atom stereocenters. The van der Waals surface area contributed by atoms with E-state index in [4.69, 9.17) is 4.74 Å². The van der Waals surface area contributed by atoms with Gasteiger partial charge in [-0.05, 0) is 12.5 Å². The van der Waals surface area contributed by atoms with Gasteiger partial charge in [-0.25, -0.2) is 8.42 Å². The second-order valence-corrected chi connectivity index (χ2v) is 4.30. The van der Waals surface area contributed by atoms with Crippen molar-refractivity contribution in [2.45, 2.75) is 19.8 Å². The molecule has 12 heavy (non-hydrogen) atoms. The molecule has 4 heteroatoms. The van der Waals surface area contributed by atoms with Crippen molar-refractivity contribution >= 4 is 9.84 Å². The summed E-state index contributed by atoms with van der Waals surface area (Å²) in [6, 6.07) is 0. The summed E-state index contributed by atoms with van der Waals surface area (Å²) in [5, 5.41) is 2.29. The molecule has 1 rings (SSSR count). The van der Waals surface area contributed by atoms with Gasteiger partial charge in [-0.3, -0.25) is 0 Å². The van der Waals surface area contributed by atoms with Gasteiger partial charge in [0.15, 0.2) is 9.84 Å². The molecule has 0 saturated heterocycles. The van der Waals surface area contributed by atoms with Gasteiger partial charge in [0.1, 0.15) is 5.76 Å². The van der Waals surface area contributed by atoms with Crippen LogP contribution in [0, 0.1) is 0 Å². The lowest BCUT2D eigenvalue weighted by Crippen LogP contribution is -1.91. The highest BCUT2D eigenvalue weighted by molar-refractivity contribution is 7.97. The standard InChI is InChI=1S/C8H12O3S/c1-2-3-5-11-8-4-6-12(9,10)7-8/h4,6-7H,2-3,5H2,1H3. The van der Waals surface area contributed by atoms with Gasteiger partial charge in [-0.1, -0.05) is 13.3 Å². The number of sulfone groups is 1. The Morgan fingerprint density at radius 1 is 1.50 bits per heavy atom. The van der Waals surface area contributed by atoms with E-state index in [2.05, 4.69) is 6.92 Å². The van der Waals surface area contributed by atoms with E-state index in [1.165, 1.54) is 6.08 Å². The van der Waals surface area contributed by atoms with Gasteiger partial charge in [0.05, 0.1) is 12.0 Å². The van der Waals surface area contributed by atoms with Crippen LogP contribution in [0.5, 0.6) is 0 Å². The minimum absolute atomic E-state index is 0.448. The predicted molar refractivity (Wildman–Crippen MR) is 47.0 cm³/mol. The van der Waals surface area contributed by atoms with Gasteiger partial charge >= 0.3 is 0 Å². The number of ether oxygens (including phenoxy) is 1. The first-order valence-corrected chi connectivity index (χ1v) is 5.52. The minimum atomic E-state index is -3.10. The highest BCUT2D eigenvalue weighted by Crippen LogP contribution is 2.14. The van der Waals surface area contributed by atoms with E-state index in [0.29, 0.717) is 12.4 Å². The molecule has 0 spiro atoms. The fourth-order valence-corrected chi connectivity index (χ4v) is 1.69. The summed E-state index contributed by atoms with van der Waals surface area (Å²) in [6.07, 6.45) is 3.47. The number of hydrogen-bond acceptors (Lipinski definition) is 3. The maximum Gasteiger partial charge on any atom is 0.196 e. The van der Waals surface area contributed by atoms with Crippen molar-refractivity contribution in [3.63, 3.8) is 0 Å². The van der Waals surface area contributed by atoms with E-state index in [9.17, 15) is 8.42 Å². The molecule has 0 saturated carbocycles. The van der Waals surface area contributed by atoms with E-state index in [-0.39, 0.29) is 0 Å².